The number of piperidine rings is 1. The molecule has 0 saturated carbocycles. The zero-order valence-corrected chi connectivity index (χ0v) is 20.7. The minimum atomic E-state index is -0.192. The molecule has 31 heavy (non-hydrogen) atoms. The van der Waals surface area contributed by atoms with Crippen LogP contribution in [0.2, 0.25) is 0 Å². The number of hydrogen-bond acceptors (Lipinski definition) is 3. The first-order chi connectivity index (χ1) is 14.5. The summed E-state index contributed by atoms with van der Waals surface area (Å²) < 4.78 is 13.2. The van der Waals surface area contributed by atoms with Gasteiger partial charge >= 0.3 is 0 Å². The Hall–Kier alpha value is -1.71. The molecule has 0 bridgehead atoms. The van der Waals surface area contributed by atoms with Crippen LogP contribution in [0.3, 0.4) is 0 Å². The van der Waals surface area contributed by atoms with Crippen LogP contribution in [0.25, 0.3) is 0 Å². The molecule has 5 nitrogen and oxygen atoms in total. The molecular weight excluding hydrogens is 506 g/mol. The van der Waals surface area contributed by atoms with Gasteiger partial charge in [0.05, 0.1) is 6.10 Å². The highest BCUT2D eigenvalue weighted by atomic mass is 127. The van der Waals surface area contributed by atoms with E-state index in [0.29, 0.717) is 6.54 Å². The molecule has 0 radical (unpaired) electrons. The number of benzene rings is 2. The van der Waals surface area contributed by atoms with Gasteiger partial charge in [-0.15, -0.1) is 24.0 Å². The van der Waals surface area contributed by atoms with Gasteiger partial charge in [0.15, 0.2) is 5.96 Å². The number of hydrogen-bond donors (Lipinski definition) is 3. The Balaban J connectivity index is 0.00000341. The van der Waals surface area contributed by atoms with Gasteiger partial charge in [0, 0.05) is 39.8 Å². The van der Waals surface area contributed by atoms with Crippen molar-refractivity contribution >= 4 is 29.9 Å². The first-order valence-electron chi connectivity index (χ1n) is 10.7. The van der Waals surface area contributed by atoms with Crippen LogP contribution in [0.1, 0.15) is 35.1 Å². The number of aliphatic hydroxyl groups excluding tert-OH is 1. The Morgan fingerprint density at radius 1 is 1.10 bits per heavy atom. The molecule has 1 heterocycles. The lowest BCUT2D eigenvalue weighted by Gasteiger charge is -2.29. The quantitative estimate of drug-likeness (QED) is 0.286. The number of halogens is 2. The topological polar surface area (TPSA) is 59.9 Å². The molecule has 0 spiro atoms. The van der Waals surface area contributed by atoms with Crippen LogP contribution in [0, 0.1) is 12.7 Å². The summed E-state index contributed by atoms with van der Waals surface area (Å²) >= 11 is 0. The molecule has 0 amide bonds. The van der Waals surface area contributed by atoms with Gasteiger partial charge < -0.3 is 15.7 Å². The second kappa shape index (κ2) is 13.0. The van der Waals surface area contributed by atoms with Crippen molar-refractivity contribution in [3.05, 3.63) is 70.5 Å². The Morgan fingerprint density at radius 3 is 2.42 bits per heavy atom. The van der Waals surface area contributed by atoms with Gasteiger partial charge in [-0.3, -0.25) is 9.89 Å². The van der Waals surface area contributed by atoms with Crippen LogP contribution in [0.15, 0.2) is 47.5 Å². The Bertz CT molecular complexity index is 836. The van der Waals surface area contributed by atoms with Gasteiger partial charge in [-0.05, 0) is 60.6 Å². The SMILES string of the molecule is CN=C(NCCc1ccc(F)cc1C)NCc1ccc(CN2CCC(O)CC2)cc1.I. The summed E-state index contributed by atoms with van der Waals surface area (Å²) in [6.45, 7) is 6.23. The van der Waals surface area contributed by atoms with Crippen molar-refractivity contribution in [1.82, 2.24) is 15.5 Å². The molecule has 170 valence electrons. The van der Waals surface area contributed by atoms with Crippen molar-refractivity contribution < 1.29 is 9.50 Å². The molecule has 7 heteroatoms. The number of aliphatic imine (C=N–C) groups is 1. The minimum absolute atomic E-state index is 0. The predicted molar refractivity (Wildman–Crippen MR) is 135 cm³/mol. The number of aryl methyl sites for hydroxylation is 1. The van der Waals surface area contributed by atoms with E-state index in [1.54, 1.807) is 13.1 Å². The molecular formula is C24H34FIN4O. The number of nitrogens with zero attached hydrogens (tertiary/aromatic N) is 2. The van der Waals surface area contributed by atoms with Gasteiger partial charge in [0.1, 0.15) is 5.82 Å². The van der Waals surface area contributed by atoms with Crippen LogP contribution >= 0.6 is 24.0 Å². The number of likely N-dealkylation sites (tertiary alicyclic amines) is 1. The predicted octanol–water partition coefficient (Wildman–Crippen LogP) is 3.62. The van der Waals surface area contributed by atoms with Gasteiger partial charge in [-0.25, -0.2) is 4.39 Å². The third-order valence-electron chi connectivity index (χ3n) is 5.66. The molecule has 2 aromatic rings. The largest absolute Gasteiger partial charge is 0.393 e. The van der Waals surface area contributed by atoms with E-state index < -0.39 is 0 Å². The van der Waals surface area contributed by atoms with E-state index in [1.165, 1.54) is 17.2 Å². The summed E-state index contributed by atoms with van der Waals surface area (Å²) in [5.41, 5.74) is 4.61. The molecule has 0 aliphatic carbocycles. The van der Waals surface area contributed by atoms with E-state index in [-0.39, 0.29) is 35.9 Å². The van der Waals surface area contributed by atoms with Crippen molar-refractivity contribution in [2.45, 2.75) is 45.4 Å². The maximum atomic E-state index is 13.2. The average molecular weight is 540 g/mol. The molecule has 3 rings (SSSR count). The fourth-order valence-electron chi connectivity index (χ4n) is 3.76. The molecule has 2 aromatic carbocycles. The maximum absolute atomic E-state index is 13.2. The second-order valence-electron chi connectivity index (χ2n) is 8.00. The highest BCUT2D eigenvalue weighted by Gasteiger charge is 2.16. The number of aliphatic hydroxyl groups is 1. The van der Waals surface area contributed by atoms with Gasteiger partial charge in [-0.1, -0.05) is 30.3 Å². The monoisotopic (exact) mass is 540 g/mol. The van der Waals surface area contributed by atoms with Crippen molar-refractivity contribution in [3.63, 3.8) is 0 Å². The first kappa shape index (κ1) is 25.5. The molecule has 0 unspecified atom stereocenters. The Labute approximate surface area is 202 Å². The van der Waals surface area contributed by atoms with Crippen molar-refractivity contribution in [2.24, 2.45) is 4.99 Å². The van der Waals surface area contributed by atoms with Gasteiger partial charge in [0.2, 0.25) is 0 Å². The fourth-order valence-corrected chi connectivity index (χ4v) is 3.76. The summed E-state index contributed by atoms with van der Waals surface area (Å²) in [6, 6.07) is 13.6. The molecule has 1 fully saturated rings. The average Bonchev–Trinajstić information content (AvgIpc) is 2.74. The maximum Gasteiger partial charge on any atom is 0.191 e. The van der Waals surface area contributed by atoms with Gasteiger partial charge in [-0.2, -0.15) is 0 Å². The van der Waals surface area contributed by atoms with Crippen molar-refractivity contribution in [2.75, 3.05) is 26.7 Å². The Kier molecular flexibility index (Phi) is 10.7. The molecule has 0 atom stereocenters. The summed E-state index contributed by atoms with van der Waals surface area (Å²) in [4.78, 5) is 6.68. The zero-order valence-electron chi connectivity index (χ0n) is 18.4. The summed E-state index contributed by atoms with van der Waals surface area (Å²) in [5, 5.41) is 16.3. The van der Waals surface area contributed by atoms with Gasteiger partial charge in [0.25, 0.3) is 0 Å². The lowest BCUT2D eigenvalue weighted by Crippen LogP contribution is -2.37. The minimum Gasteiger partial charge on any atom is -0.393 e. The highest BCUT2D eigenvalue weighted by Crippen LogP contribution is 2.14. The summed E-state index contributed by atoms with van der Waals surface area (Å²) in [7, 11) is 1.76. The van der Waals surface area contributed by atoms with Crippen LogP contribution < -0.4 is 10.6 Å². The first-order valence-corrected chi connectivity index (χ1v) is 10.7. The Morgan fingerprint density at radius 2 is 1.77 bits per heavy atom. The van der Waals surface area contributed by atoms with E-state index in [0.717, 1.165) is 62.5 Å². The summed E-state index contributed by atoms with van der Waals surface area (Å²) in [5.74, 6) is 0.563. The lowest BCUT2D eigenvalue weighted by atomic mass is 10.1. The lowest BCUT2D eigenvalue weighted by molar-refractivity contribution is 0.0792. The normalized spacial score (nSPS) is 15.4. The smallest absolute Gasteiger partial charge is 0.191 e. The zero-order chi connectivity index (χ0) is 21.3. The van der Waals surface area contributed by atoms with Crippen molar-refractivity contribution in [1.29, 1.82) is 0 Å². The molecule has 1 aliphatic heterocycles. The number of guanidine groups is 1. The number of nitrogens with one attached hydrogen (secondary N) is 2. The highest BCUT2D eigenvalue weighted by molar-refractivity contribution is 14.0. The van der Waals surface area contributed by atoms with E-state index >= 15 is 0 Å². The van der Waals surface area contributed by atoms with Crippen molar-refractivity contribution in [3.8, 4) is 0 Å². The second-order valence-corrected chi connectivity index (χ2v) is 8.00. The third-order valence-corrected chi connectivity index (χ3v) is 5.66. The van der Waals surface area contributed by atoms with Crippen LogP contribution in [0.5, 0.6) is 0 Å². The van der Waals surface area contributed by atoms with E-state index in [1.807, 2.05) is 13.0 Å². The third kappa shape index (κ3) is 8.38. The van der Waals surface area contributed by atoms with Crippen LogP contribution in [-0.2, 0) is 19.5 Å². The summed E-state index contributed by atoms with van der Waals surface area (Å²) in [6.07, 6.45) is 2.43. The van der Waals surface area contributed by atoms with Crippen LogP contribution in [-0.4, -0.2) is 48.8 Å². The molecule has 1 saturated heterocycles. The fraction of sp³-hybridized carbons (Fsp3) is 0.458. The van der Waals surface area contributed by atoms with E-state index in [4.69, 9.17) is 0 Å². The molecule has 1 aliphatic rings. The molecule has 0 aromatic heterocycles. The number of rotatable bonds is 7. The molecule has 3 N–H and O–H groups in total. The van der Waals surface area contributed by atoms with E-state index in [9.17, 15) is 9.50 Å². The van der Waals surface area contributed by atoms with Crippen LogP contribution in [0.4, 0.5) is 4.39 Å². The standard InChI is InChI=1S/C24H33FN4O.HI/c1-18-15-22(25)8-7-21(18)9-12-27-24(26-2)28-16-19-3-5-20(6-4-19)17-29-13-10-23(30)11-14-29;/h3-8,15,23,30H,9-14,16-17H2,1-2H3,(H2,26,27,28);1H. The van der Waals surface area contributed by atoms with E-state index in [2.05, 4.69) is 44.8 Å².